The third-order valence-corrected chi connectivity index (χ3v) is 4.46. The van der Waals surface area contributed by atoms with Crippen molar-refractivity contribution in [3.63, 3.8) is 0 Å². The van der Waals surface area contributed by atoms with Gasteiger partial charge in [-0.1, -0.05) is 16.9 Å². The van der Waals surface area contributed by atoms with E-state index in [9.17, 15) is 12.3 Å². The molecule has 96 valence electrons. The number of aromatic nitrogens is 2. The highest BCUT2D eigenvalue weighted by atomic mass is 32.3. The van der Waals surface area contributed by atoms with Crippen LogP contribution in [0.3, 0.4) is 0 Å². The predicted molar refractivity (Wildman–Crippen MR) is 64.8 cm³/mol. The number of hydrogen-bond donors (Lipinski definition) is 0. The van der Waals surface area contributed by atoms with Gasteiger partial charge < -0.3 is 0 Å². The molecule has 6 heteroatoms. The van der Waals surface area contributed by atoms with E-state index in [4.69, 9.17) is 0 Å². The minimum absolute atomic E-state index is 0.299. The average Bonchev–Trinajstić information content (AvgIpc) is 2.87. The number of imidazole rings is 1. The first kappa shape index (κ1) is 11.6. The van der Waals surface area contributed by atoms with E-state index in [2.05, 4.69) is 4.98 Å². The van der Waals surface area contributed by atoms with Crippen LogP contribution in [0.5, 0.6) is 0 Å². The number of pyridine rings is 1. The molecule has 0 unspecified atom stereocenters. The summed E-state index contributed by atoms with van der Waals surface area (Å²) in [4.78, 5) is 4.36. The molecule has 1 aliphatic carbocycles. The molecule has 0 atom stereocenters. The molecule has 1 fully saturated rings. The third kappa shape index (κ3) is 1.55. The Bertz CT molecular complexity index is 745. The summed E-state index contributed by atoms with van der Waals surface area (Å²) >= 11 is 0. The Labute approximate surface area is 105 Å². The first-order chi connectivity index (χ1) is 8.33. The minimum atomic E-state index is -4.78. The molecule has 2 aromatic rings. The molecular formula is C12H13FN2O2S. The van der Waals surface area contributed by atoms with Crippen molar-refractivity contribution in [2.75, 3.05) is 0 Å². The summed E-state index contributed by atoms with van der Waals surface area (Å²) in [6.07, 6.45) is 3.23. The van der Waals surface area contributed by atoms with Crippen LogP contribution in [0.25, 0.3) is 5.65 Å². The van der Waals surface area contributed by atoms with Gasteiger partial charge in [0.15, 0.2) is 5.03 Å². The van der Waals surface area contributed by atoms with E-state index in [-0.39, 0.29) is 10.4 Å². The van der Waals surface area contributed by atoms with Gasteiger partial charge in [0.1, 0.15) is 5.65 Å². The van der Waals surface area contributed by atoms with Crippen molar-refractivity contribution in [3.8, 4) is 0 Å². The van der Waals surface area contributed by atoms with Crippen molar-refractivity contribution in [3.05, 3.63) is 29.6 Å². The molecule has 2 heterocycles. The smallest absolute Gasteiger partial charge is 0.288 e. The van der Waals surface area contributed by atoms with Gasteiger partial charge in [-0.3, -0.25) is 4.40 Å². The summed E-state index contributed by atoms with van der Waals surface area (Å²) in [5.74, 6) is 0. The van der Waals surface area contributed by atoms with Crippen molar-refractivity contribution in [1.29, 1.82) is 0 Å². The van der Waals surface area contributed by atoms with Gasteiger partial charge in [-0.2, -0.15) is 8.42 Å². The first-order valence-electron chi connectivity index (χ1n) is 5.76. The van der Waals surface area contributed by atoms with E-state index >= 15 is 0 Å². The molecule has 0 radical (unpaired) electrons. The van der Waals surface area contributed by atoms with Crippen molar-refractivity contribution in [2.45, 2.75) is 37.1 Å². The van der Waals surface area contributed by atoms with Gasteiger partial charge in [-0.15, -0.1) is 0 Å². The fraction of sp³-hybridized carbons (Fsp3) is 0.417. The lowest BCUT2D eigenvalue weighted by Gasteiger charge is -2.05. The monoisotopic (exact) mass is 268 g/mol. The molecule has 18 heavy (non-hydrogen) atoms. The maximum absolute atomic E-state index is 13.5. The Morgan fingerprint density at radius 2 is 2.11 bits per heavy atom. The SMILES string of the molecule is Cc1cccn2c(S(=O)(=O)F)c(C3(C)CC3)nc12. The van der Waals surface area contributed by atoms with Crippen LogP contribution in [0.4, 0.5) is 3.89 Å². The Kier molecular flexibility index (Phi) is 2.15. The highest BCUT2D eigenvalue weighted by Gasteiger charge is 2.46. The van der Waals surface area contributed by atoms with Gasteiger partial charge in [0, 0.05) is 11.6 Å². The first-order valence-corrected chi connectivity index (χ1v) is 7.14. The summed E-state index contributed by atoms with van der Waals surface area (Å²) in [5.41, 5.74) is 1.40. The second kappa shape index (κ2) is 3.32. The normalized spacial score (nSPS) is 18.2. The van der Waals surface area contributed by atoms with Gasteiger partial charge in [0.05, 0.1) is 5.69 Å². The average molecular weight is 268 g/mol. The lowest BCUT2D eigenvalue weighted by atomic mass is 10.1. The molecule has 0 aromatic carbocycles. The molecule has 1 aliphatic rings. The Hall–Kier alpha value is -1.43. The second-order valence-electron chi connectivity index (χ2n) is 5.15. The quantitative estimate of drug-likeness (QED) is 0.786. The van der Waals surface area contributed by atoms with Crippen molar-refractivity contribution >= 4 is 15.9 Å². The van der Waals surface area contributed by atoms with E-state index in [0.717, 1.165) is 18.4 Å². The molecule has 2 aromatic heterocycles. The summed E-state index contributed by atoms with van der Waals surface area (Å²) in [7, 11) is -4.78. The number of rotatable bonds is 2. The highest BCUT2D eigenvalue weighted by molar-refractivity contribution is 7.86. The topological polar surface area (TPSA) is 51.4 Å². The number of aryl methyl sites for hydroxylation is 1. The number of halogens is 1. The maximum atomic E-state index is 13.5. The van der Waals surface area contributed by atoms with Crippen LogP contribution in [-0.4, -0.2) is 17.8 Å². The van der Waals surface area contributed by atoms with Gasteiger partial charge in [0.25, 0.3) is 0 Å². The van der Waals surface area contributed by atoms with Gasteiger partial charge in [0.2, 0.25) is 0 Å². The maximum Gasteiger partial charge on any atom is 0.350 e. The fourth-order valence-corrected chi connectivity index (χ4v) is 3.14. The van der Waals surface area contributed by atoms with Crippen LogP contribution < -0.4 is 0 Å². The molecule has 1 saturated carbocycles. The second-order valence-corrected chi connectivity index (χ2v) is 6.41. The van der Waals surface area contributed by atoms with Crippen LogP contribution >= 0.6 is 0 Å². The summed E-state index contributed by atoms with van der Waals surface area (Å²) < 4.78 is 37.7. The minimum Gasteiger partial charge on any atom is -0.288 e. The Morgan fingerprint density at radius 1 is 1.44 bits per heavy atom. The third-order valence-electron chi connectivity index (χ3n) is 3.60. The van der Waals surface area contributed by atoms with Crippen LogP contribution in [-0.2, 0) is 15.6 Å². The van der Waals surface area contributed by atoms with Crippen molar-refractivity contribution < 1.29 is 12.3 Å². The lowest BCUT2D eigenvalue weighted by Crippen LogP contribution is -2.08. The zero-order valence-corrected chi connectivity index (χ0v) is 11.0. The summed E-state index contributed by atoms with van der Waals surface area (Å²) in [5, 5.41) is -0.304. The molecule has 0 saturated heterocycles. The lowest BCUT2D eigenvalue weighted by molar-refractivity contribution is 0.541. The van der Waals surface area contributed by atoms with E-state index in [1.807, 2.05) is 19.9 Å². The molecule has 0 spiro atoms. The largest absolute Gasteiger partial charge is 0.350 e. The number of nitrogens with zero attached hydrogens (tertiary/aromatic N) is 2. The van der Waals surface area contributed by atoms with Crippen LogP contribution in [0.2, 0.25) is 0 Å². The molecule has 3 rings (SSSR count). The van der Waals surface area contributed by atoms with E-state index in [0.29, 0.717) is 11.3 Å². The summed E-state index contributed by atoms with van der Waals surface area (Å²) in [6, 6.07) is 3.52. The molecule has 0 bridgehead atoms. The summed E-state index contributed by atoms with van der Waals surface area (Å²) in [6.45, 7) is 3.74. The van der Waals surface area contributed by atoms with Crippen molar-refractivity contribution in [2.24, 2.45) is 0 Å². The van der Waals surface area contributed by atoms with Crippen molar-refractivity contribution in [1.82, 2.24) is 9.38 Å². The van der Waals surface area contributed by atoms with Crippen LogP contribution in [0.1, 0.15) is 31.0 Å². The number of hydrogen-bond acceptors (Lipinski definition) is 3. The molecule has 4 nitrogen and oxygen atoms in total. The Balaban J connectivity index is 2.46. The van der Waals surface area contributed by atoms with Crippen LogP contribution in [0.15, 0.2) is 23.4 Å². The molecule has 0 amide bonds. The fourth-order valence-electron chi connectivity index (χ4n) is 2.23. The van der Waals surface area contributed by atoms with E-state index in [1.165, 1.54) is 10.6 Å². The highest BCUT2D eigenvalue weighted by Crippen LogP contribution is 2.49. The van der Waals surface area contributed by atoms with Gasteiger partial charge >= 0.3 is 10.2 Å². The van der Waals surface area contributed by atoms with E-state index < -0.39 is 10.2 Å². The number of fused-ring (bicyclic) bond motifs is 1. The molecular weight excluding hydrogens is 255 g/mol. The van der Waals surface area contributed by atoms with Gasteiger partial charge in [-0.05, 0) is 31.4 Å². The van der Waals surface area contributed by atoms with E-state index in [1.54, 1.807) is 6.07 Å². The van der Waals surface area contributed by atoms with Gasteiger partial charge in [-0.25, -0.2) is 4.98 Å². The molecule has 0 aliphatic heterocycles. The zero-order valence-electron chi connectivity index (χ0n) is 10.1. The zero-order chi connectivity index (χ0) is 13.1. The predicted octanol–water partition coefficient (Wildman–Crippen LogP) is 2.35. The standard InChI is InChI=1S/C12H13FN2O2S/c1-8-4-3-7-15-10(8)14-9(12(2)5-6-12)11(15)18(13,16)17/h3-4,7H,5-6H2,1-2H3. The van der Waals surface area contributed by atoms with Crippen LogP contribution in [0, 0.1) is 6.92 Å². The molecule has 0 N–H and O–H groups in total. The Morgan fingerprint density at radius 3 is 2.67 bits per heavy atom.